The molecule has 1 aromatic rings. The Morgan fingerprint density at radius 3 is 2.63 bits per heavy atom. The van der Waals surface area contributed by atoms with E-state index in [0.717, 1.165) is 31.5 Å². The number of likely N-dealkylation sites (tertiary alicyclic amines) is 1. The molecule has 0 radical (unpaired) electrons. The summed E-state index contributed by atoms with van der Waals surface area (Å²) in [6, 6.07) is 9.73. The first kappa shape index (κ1) is 13.9. The summed E-state index contributed by atoms with van der Waals surface area (Å²) in [5.74, 6) is 0. The van der Waals surface area contributed by atoms with Gasteiger partial charge in [-0.25, -0.2) is 4.79 Å². The zero-order valence-corrected chi connectivity index (χ0v) is 11.5. The van der Waals surface area contributed by atoms with Gasteiger partial charge in [0, 0.05) is 18.5 Å². The number of rotatable bonds is 5. The number of hydrogen-bond donors (Lipinski definition) is 1. The zero-order valence-electron chi connectivity index (χ0n) is 11.5. The van der Waals surface area contributed by atoms with Crippen molar-refractivity contribution in [2.45, 2.75) is 26.4 Å². The maximum absolute atomic E-state index is 11.9. The number of carbonyl (C=O) groups excluding carboxylic acids is 1. The lowest BCUT2D eigenvalue weighted by molar-refractivity contribution is -0.0120. The fraction of sp³-hybridized carbons (Fsp3) is 0.533. The largest absolute Gasteiger partial charge is 0.445 e. The lowest BCUT2D eigenvalue weighted by Gasteiger charge is -2.49. The van der Waals surface area contributed by atoms with Crippen LogP contribution in [0.15, 0.2) is 30.3 Å². The van der Waals surface area contributed by atoms with Gasteiger partial charge in [0.2, 0.25) is 0 Å². The van der Waals surface area contributed by atoms with Gasteiger partial charge < -0.3 is 15.4 Å². The molecule has 0 atom stereocenters. The monoisotopic (exact) mass is 262 g/mol. The van der Waals surface area contributed by atoms with Crippen molar-refractivity contribution in [3.05, 3.63) is 35.9 Å². The molecule has 104 valence electrons. The van der Waals surface area contributed by atoms with Gasteiger partial charge in [0.1, 0.15) is 6.61 Å². The molecule has 2 N–H and O–H groups in total. The zero-order chi connectivity index (χ0) is 13.7. The Labute approximate surface area is 114 Å². The quantitative estimate of drug-likeness (QED) is 0.886. The molecule has 19 heavy (non-hydrogen) atoms. The van der Waals surface area contributed by atoms with E-state index in [2.05, 4.69) is 6.92 Å². The van der Waals surface area contributed by atoms with Gasteiger partial charge in [-0.05, 0) is 24.9 Å². The Balaban J connectivity index is 1.77. The van der Waals surface area contributed by atoms with Crippen molar-refractivity contribution in [3.63, 3.8) is 0 Å². The average molecular weight is 262 g/mol. The third kappa shape index (κ3) is 3.26. The normalized spacial score (nSPS) is 16.8. The van der Waals surface area contributed by atoms with Gasteiger partial charge in [-0.3, -0.25) is 0 Å². The first-order valence-electron chi connectivity index (χ1n) is 6.85. The van der Waals surface area contributed by atoms with Gasteiger partial charge in [0.15, 0.2) is 0 Å². The van der Waals surface area contributed by atoms with E-state index in [4.69, 9.17) is 10.5 Å². The number of ether oxygens (including phenoxy) is 1. The number of benzene rings is 1. The summed E-state index contributed by atoms with van der Waals surface area (Å²) in [6.07, 6.45) is 1.82. The number of amides is 1. The van der Waals surface area contributed by atoms with Gasteiger partial charge in [0.25, 0.3) is 0 Å². The number of carbonyl (C=O) groups is 1. The SMILES string of the molecule is CCC1(CCN)CN(C(=O)OCc2ccccc2)C1. The summed E-state index contributed by atoms with van der Waals surface area (Å²) in [5.41, 5.74) is 6.86. The van der Waals surface area contributed by atoms with E-state index in [0.29, 0.717) is 13.2 Å². The second-order valence-electron chi connectivity index (χ2n) is 5.29. The topological polar surface area (TPSA) is 55.6 Å². The standard InChI is InChI=1S/C15H22N2O2/c1-2-15(8-9-16)11-17(12-15)14(18)19-10-13-6-4-3-5-7-13/h3-7H,2,8-12,16H2,1H3. The van der Waals surface area contributed by atoms with Crippen molar-refractivity contribution in [1.82, 2.24) is 4.90 Å². The van der Waals surface area contributed by atoms with Crippen molar-refractivity contribution in [3.8, 4) is 0 Å². The van der Waals surface area contributed by atoms with Crippen LogP contribution in [0.5, 0.6) is 0 Å². The minimum absolute atomic E-state index is 0.218. The van der Waals surface area contributed by atoms with E-state index in [-0.39, 0.29) is 11.5 Å². The van der Waals surface area contributed by atoms with Crippen LogP contribution in [0.4, 0.5) is 4.79 Å². The molecule has 4 heteroatoms. The second kappa shape index (κ2) is 6.06. The molecular formula is C15H22N2O2. The average Bonchev–Trinajstić information content (AvgIpc) is 2.41. The third-order valence-corrected chi connectivity index (χ3v) is 3.94. The van der Waals surface area contributed by atoms with Crippen LogP contribution < -0.4 is 5.73 Å². The van der Waals surface area contributed by atoms with E-state index >= 15 is 0 Å². The molecule has 1 aromatic carbocycles. The molecule has 1 heterocycles. The molecule has 0 aliphatic carbocycles. The van der Waals surface area contributed by atoms with Crippen LogP contribution in [0.1, 0.15) is 25.3 Å². The summed E-state index contributed by atoms with van der Waals surface area (Å²) < 4.78 is 5.30. The lowest BCUT2D eigenvalue weighted by atomic mass is 9.75. The van der Waals surface area contributed by atoms with E-state index in [1.54, 1.807) is 4.90 Å². The summed E-state index contributed by atoms with van der Waals surface area (Å²) in [4.78, 5) is 13.6. The minimum atomic E-state index is -0.218. The molecule has 2 rings (SSSR count). The van der Waals surface area contributed by atoms with Crippen molar-refractivity contribution < 1.29 is 9.53 Å². The highest BCUT2D eigenvalue weighted by Gasteiger charge is 2.43. The molecule has 0 spiro atoms. The highest BCUT2D eigenvalue weighted by molar-refractivity contribution is 5.69. The van der Waals surface area contributed by atoms with E-state index in [1.165, 1.54) is 0 Å². The molecule has 1 amide bonds. The fourth-order valence-electron chi connectivity index (χ4n) is 2.57. The summed E-state index contributed by atoms with van der Waals surface area (Å²) in [5, 5.41) is 0. The van der Waals surface area contributed by atoms with E-state index in [9.17, 15) is 4.79 Å². The van der Waals surface area contributed by atoms with Crippen LogP contribution in [0.3, 0.4) is 0 Å². The van der Waals surface area contributed by atoms with Crippen LogP contribution in [0.25, 0.3) is 0 Å². The maximum atomic E-state index is 11.9. The van der Waals surface area contributed by atoms with Crippen molar-refractivity contribution >= 4 is 6.09 Å². The van der Waals surface area contributed by atoms with Crippen LogP contribution in [-0.4, -0.2) is 30.6 Å². The molecule has 0 bridgehead atoms. The molecule has 1 aliphatic heterocycles. The Morgan fingerprint density at radius 1 is 1.37 bits per heavy atom. The highest BCUT2D eigenvalue weighted by atomic mass is 16.6. The van der Waals surface area contributed by atoms with Gasteiger partial charge in [-0.1, -0.05) is 37.3 Å². The lowest BCUT2D eigenvalue weighted by Crippen LogP contribution is -2.58. The van der Waals surface area contributed by atoms with Crippen LogP contribution in [-0.2, 0) is 11.3 Å². The minimum Gasteiger partial charge on any atom is -0.445 e. The van der Waals surface area contributed by atoms with Gasteiger partial charge in [0.05, 0.1) is 0 Å². The molecule has 0 unspecified atom stereocenters. The van der Waals surface area contributed by atoms with Crippen molar-refractivity contribution in [2.24, 2.45) is 11.1 Å². The molecule has 0 saturated carbocycles. The first-order chi connectivity index (χ1) is 9.19. The Morgan fingerprint density at radius 2 is 2.05 bits per heavy atom. The third-order valence-electron chi connectivity index (χ3n) is 3.94. The molecule has 1 saturated heterocycles. The van der Waals surface area contributed by atoms with Crippen LogP contribution in [0, 0.1) is 5.41 Å². The van der Waals surface area contributed by atoms with Crippen LogP contribution >= 0.6 is 0 Å². The van der Waals surface area contributed by atoms with Gasteiger partial charge in [-0.2, -0.15) is 0 Å². The molecule has 4 nitrogen and oxygen atoms in total. The fourth-order valence-corrected chi connectivity index (χ4v) is 2.57. The molecule has 1 fully saturated rings. The van der Waals surface area contributed by atoms with E-state index < -0.39 is 0 Å². The number of hydrogen-bond acceptors (Lipinski definition) is 3. The van der Waals surface area contributed by atoms with Crippen LogP contribution in [0.2, 0.25) is 0 Å². The second-order valence-corrected chi connectivity index (χ2v) is 5.29. The summed E-state index contributed by atoms with van der Waals surface area (Å²) in [7, 11) is 0. The summed E-state index contributed by atoms with van der Waals surface area (Å²) >= 11 is 0. The Kier molecular flexibility index (Phi) is 4.43. The van der Waals surface area contributed by atoms with E-state index in [1.807, 2.05) is 30.3 Å². The van der Waals surface area contributed by atoms with Gasteiger partial charge in [-0.15, -0.1) is 0 Å². The summed E-state index contributed by atoms with van der Waals surface area (Å²) in [6.45, 7) is 4.72. The predicted molar refractivity (Wildman–Crippen MR) is 74.6 cm³/mol. The maximum Gasteiger partial charge on any atom is 0.410 e. The Bertz CT molecular complexity index is 413. The predicted octanol–water partition coefficient (Wildman–Crippen LogP) is 2.38. The number of nitrogens with zero attached hydrogens (tertiary/aromatic N) is 1. The first-order valence-corrected chi connectivity index (χ1v) is 6.85. The highest BCUT2D eigenvalue weighted by Crippen LogP contribution is 2.37. The Hall–Kier alpha value is -1.55. The molecular weight excluding hydrogens is 240 g/mol. The molecule has 1 aliphatic rings. The van der Waals surface area contributed by atoms with Gasteiger partial charge >= 0.3 is 6.09 Å². The van der Waals surface area contributed by atoms with Crippen molar-refractivity contribution in [1.29, 1.82) is 0 Å². The van der Waals surface area contributed by atoms with Crippen molar-refractivity contribution in [2.75, 3.05) is 19.6 Å². The smallest absolute Gasteiger partial charge is 0.410 e. The molecule has 0 aromatic heterocycles. The number of nitrogens with two attached hydrogens (primary N) is 1.